The Labute approximate surface area is 134 Å². The maximum atomic E-state index is 11.4. The van der Waals surface area contributed by atoms with Crippen molar-refractivity contribution >= 4 is 33.7 Å². The highest BCUT2D eigenvalue weighted by Gasteiger charge is 2.10. The van der Waals surface area contributed by atoms with Crippen molar-refractivity contribution in [2.45, 2.75) is 10.6 Å². The van der Waals surface area contributed by atoms with E-state index in [0.29, 0.717) is 16.2 Å². The largest absolute Gasteiger partial charge is 0.508 e. The molecular formula is C15H13BrO4S. The van der Waals surface area contributed by atoms with Crippen LogP contribution in [-0.2, 0) is 10.5 Å². The van der Waals surface area contributed by atoms with E-state index in [-0.39, 0.29) is 17.5 Å². The van der Waals surface area contributed by atoms with Gasteiger partial charge in [0.25, 0.3) is 0 Å². The molecule has 0 aliphatic rings. The molecule has 4 nitrogen and oxygen atoms in total. The zero-order chi connectivity index (χ0) is 15.4. The summed E-state index contributed by atoms with van der Waals surface area (Å²) in [7, 11) is 1.34. The van der Waals surface area contributed by atoms with Gasteiger partial charge in [0.15, 0.2) is 0 Å². The van der Waals surface area contributed by atoms with Gasteiger partial charge in [0, 0.05) is 10.2 Å². The Kier molecular flexibility index (Phi) is 5.14. The zero-order valence-electron chi connectivity index (χ0n) is 11.2. The van der Waals surface area contributed by atoms with Crippen LogP contribution in [0.3, 0.4) is 0 Å². The minimum absolute atomic E-state index is 0.107. The van der Waals surface area contributed by atoms with E-state index in [2.05, 4.69) is 20.7 Å². The minimum Gasteiger partial charge on any atom is -0.508 e. The highest BCUT2D eigenvalue weighted by molar-refractivity contribution is 9.10. The maximum absolute atomic E-state index is 11.4. The molecule has 110 valence electrons. The lowest BCUT2D eigenvalue weighted by Gasteiger charge is -2.08. The van der Waals surface area contributed by atoms with Gasteiger partial charge in [-0.05, 0) is 35.9 Å². The van der Waals surface area contributed by atoms with Crippen LogP contribution in [0.5, 0.6) is 11.5 Å². The van der Waals surface area contributed by atoms with Crippen LogP contribution in [-0.4, -0.2) is 23.3 Å². The van der Waals surface area contributed by atoms with Crippen molar-refractivity contribution in [3.63, 3.8) is 0 Å². The van der Waals surface area contributed by atoms with Gasteiger partial charge in [-0.2, -0.15) is 0 Å². The van der Waals surface area contributed by atoms with Crippen molar-refractivity contribution in [2.75, 3.05) is 7.11 Å². The van der Waals surface area contributed by atoms with Crippen LogP contribution in [0.4, 0.5) is 0 Å². The molecule has 2 aromatic rings. The number of halogens is 1. The second-order valence-electron chi connectivity index (χ2n) is 4.24. The number of benzene rings is 2. The molecule has 0 radical (unpaired) electrons. The molecule has 0 amide bonds. The second kappa shape index (κ2) is 6.87. The first-order valence-electron chi connectivity index (χ1n) is 6.03. The topological polar surface area (TPSA) is 66.8 Å². The third-order valence-electron chi connectivity index (χ3n) is 2.80. The molecule has 0 unspecified atom stereocenters. The molecule has 0 aliphatic heterocycles. The standard InChI is InChI=1S/C15H13BrO4S/c1-20-15(19)9-2-3-10(12(16)6-9)8-21-14-7-11(17)4-5-13(14)18/h2-7,17-18H,8H2,1H3. The molecule has 0 saturated carbocycles. The van der Waals surface area contributed by atoms with Gasteiger partial charge in [0.1, 0.15) is 11.5 Å². The lowest BCUT2D eigenvalue weighted by molar-refractivity contribution is 0.0600. The van der Waals surface area contributed by atoms with Crippen LogP contribution in [0, 0.1) is 0 Å². The molecule has 0 heterocycles. The number of aromatic hydroxyl groups is 2. The fourth-order valence-electron chi connectivity index (χ4n) is 1.68. The molecule has 0 fully saturated rings. The van der Waals surface area contributed by atoms with Gasteiger partial charge in [-0.15, -0.1) is 11.8 Å². The van der Waals surface area contributed by atoms with Gasteiger partial charge in [0.2, 0.25) is 0 Å². The number of phenols is 2. The molecule has 6 heteroatoms. The predicted octanol–water partition coefficient (Wildman–Crippen LogP) is 3.94. The lowest BCUT2D eigenvalue weighted by atomic mass is 10.1. The SMILES string of the molecule is COC(=O)c1ccc(CSc2cc(O)ccc2O)c(Br)c1. The normalized spacial score (nSPS) is 10.4. The van der Waals surface area contributed by atoms with Crippen LogP contribution >= 0.6 is 27.7 Å². The molecule has 2 N–H and O–H groups in total. The Balaban J connectivity index is 2.13. The van der Waals surface area contributed by atoms with Crippen molar-refractivity contribution in [3.05, 3.63) is 52.0 Å². The molecule has 0 aromatic heterocycles. The summed E-state index contributed by atoms with van der Waals surface area (Å²) < 4.78 is 5.45. The second-order valence-corrected chi connectivity index (χ2v) is 6.11. The van der Waals surface area contributed by atoms with Crippen molar-refractivity contribution in [3.8, 4) is 11.5 Å². The summed E-state index contributed by atoms with van der Waals surface area (Å²) in [5.41, 5.74) is 1.44. The lowest BCUT2D eigenvalue weighted by Crippen LogP contribution is -2.01. The van der Waals surface area contributed by atoms with Crippen molar-refractivity contribution in [1.82, 2.24) is 0 Å². The van der Waals surface area contributed by atoms with Crippen LogP contribution < -0.4 is 0 Å². The Bertz CT molecular complexity index is 673. The summed E-state index contributed by atoms with van der Waals surface area (Å²) in [4.78, 5) is 12.0. The highest BCUT2D eigenvalue weighted by atomic mass is 79.9. The molecule has 2 rings (SSSR count). The van der Waals surface area contributed by atoms with Gasteiger partial charge in [-0.1, -0.05) is 22.0 Å². The summed E-state index contributed by atoms with van der Waals surface area (Å²) in [5.74, 6) is 0.426. The Hall–Kier alpha value is -1.66. The quantitative estimate of drug-likeness (QED) is 0.486. The molecule has 0 atom stereocenters. The number of esters is 1. The molecular weight excluding hydrogens is 356 g/mol. The number of hydrogen-bond donors (Lipinski definition) is 2. The van der Waals surface area contributed by atoms with Gasteiger partial charge in [-0.3, -0.25) is 0 Å². The fourth-order valence-corrected chi connectivity index (χ4v) is 3.37. The third-order valence-corrected chi connectivity index (χ3v) is 4.63. The number of ether oxygens (including phenoxy) is 1. The molecule has 0 aliphatic carbocycles. The summed E-state index contributed by atoms with van der Waals surface area (Å²) in [5, 5.41) is 19.2. The number of hydrogen-bond acceptors (Lipinski definition) is 5. The van der Waals surface area contributed by atoms with Crippen molar-refractivity contribution < 1.29 is 19.7 Å². The smallest absolute Gasteiger partial charge is 0.337 e. The molecule has 2 aromatic carbocycles. The summed E-state index contributed by atoms with van der Waals surface area (Å²) in [6.45, 7) is 0. The van der Waals surface area contributed by atoms with Gasteiger partial charge in [0.05, 0.1) is 17.6 Å². The van der Waals surface area contributed by atoms with Crippen LogP contribution in [0.2, 0.25) is 0 Å². The van der Waals surface area contributed by atoms with E-state index in [1.165, 1.54) is 37.1 Å². The Morgan fingerprint density at radius 2 is 2.00 bits per heavy atom. The number of rotatable bonds is 4. The number of carbonyl (C=O) groups excluding carboxylic acids is 1. The summed E-state index contributed by atoms with van der Waals surface area (Å²) in [6, 6.07) is 9.60. The van der Waals surface area contributed by atoms with Crippen molar-refractivity contribution in [1.29, 1.82) is 0 Å². The first kappa shape index (κ1) is 15.7. The van der Waals surface area contributed by atoms with E-state index in [1.807, 2.05) is 6.07 Å². The van der Waals surface area contributed by atoms with Crippen LogP contribution in [0.15, 0.2) is 45.8 Å². The van der Waals surface area contributed by atoms with Gasteiger partial charge < -0.3 is 14.9 Å². The third kappa shape index (κ3) is 3.92. The Morgan fingerprint density at radius 3 is 2.67 bits per heavy atom. The minimum atomic E-state index is -0.388. The number of carbonyl (C=O) groups is 1. The average molecular weight is 369 g/mol. The number of thioether (sulfide) groups is 1. The molecule has 0 spiro atoms. The highest BCUT2D eigenvalue weighted by Crippen LogP contribution is 2.35. The average Bonchev–Trinajstić information content (AvgIpc) is 2.48. The van der Waals surface area contributed by atoms with E-state index in [1.54, 1.807) is 12.1 Å². The maximum Gasteiger partial charge on any atom is 0.337 e. The van der Waals surface area contributed by atoms with E-state index >= 15 is 0 Å². The molecule has 21 heavy (non-hydrogen) atoms. The van der Waals surface area contributed by atoms with E-state index < -0.39 is 0 Å². The first-order valence-corrected chi connectivity index (χ1v) is 7.80. The predicted molar refractivity (Wildman–Crippen MR) is 84.8 cm³/mol. The number of methoxy groups -OCH3 is 1. The summed E-state index contributed by atoms with van der Waals surface area (Å²) >= 11 is 4.81. The Morgan fingerprint density at radius 1 is 1.24 bits per heavy atom. The van der Waals surface area contributed by atoms with E-state index in [9.17, 15) is 15.0 Å². The van der Waals surface area contributed by atoms with Gasteiger partial charge in [-0.25, -0.2) is 4.79 Å². The number of phenolic OH excluding ortho intramolecular Hbond substituents is 2. The molecule has 0 bridgehead atoms. The first-order chi connectivity index (χ1) is 10.0. The fraction of sp³-hybridized carbons (Fsp3) is 0.133. The van der Waals surface area contributed by atoms with Gasteiger partial charge >= 0.3 is 5.97 Å². The summed E-state index contributed by atoms with van der Waals surface area (Å²) in [6.07, 6.45) is 0. The zero-order valence-corrected chi connectivity index (χ0v) is 13.6. The molecule has 0 saturated heterocycles. The van der Waals surface area contributed by atoms with Crippen LogP contribution in [0.25, 0.3) is 0 Å². The van der Waals surface area contributed by atoms with Crippen LogP contribution in [0.1, 0.15) is 15.9 Å². The monoisotopic (exact) mass is 368 g/mol. The van der Waals surface area contributed by atoms with E-state index in [4.69, 9.17) is 0 Å². The van der Waals surface area contributed by atoms with E-state index in [0.717, 1.165) is 10.0 Å². The van der Waals surface area contributed by atoms with Crippen molar-refractivity contribution in [2.24, 2.45) is 0 Å².